The number of rotatable bonds is 2. The summed E-state index contributed by atoms with van der Waals surface area (Å²) in [4.78, 5) is 0. The van der Waals surface area contributed by atoms with E-state index >= 15 is 0 Å². The summed E-state index contributed by atoms with van der Waals surface area (Å²) >= 11 is 4.25. The Kier molecular flexibility index (Phi) is 6.43. The van der Waals surface area contributed by atoms with Crippen molar-refractivity contribution in [1.29, 1.82) is 0 Å². The Morgan fingerprint density at radius 1 is 1.33 bits per heavy atom. The van der Waals surface area contributed by atoms with Crippen LogP contribution in [0.3, 0.4) is 0 Å². The second-order valence-electron chi connectivity index (χ2n) is 3.40. The number of benzene rings is 1. The zero-order chi connectivity index (χ0) is 11.1. The number of halogens is 2. The molecule has 1 aliphatic rings. The summed E-state index contributed by atoms with van der Waals surface area (Å²) in [5, 5.41) is 0. The van der Waals surface area contributed by atoms with Gasteiger partial charge in [-0.2, -0.15) is 0 Å². The molecule has 1 nitrogen and oxygen atoms in total. The first-order chi connectivity index (χ1) is 7.34. The fourth-order valence-corrected chi connectivity index (χ4v) is 1.65. The standard InChI is InChI=1S/C11H12FO.BrH.Zn/c12-9-5-7-11(8-6-9)13-10-3-1-2-4-10;;/h5-7,10H,1-4H2;1H;/q-1;;+2/p-1. The van der Waals surface area contributed by atoms with Crippen LogP contribution in [0.1, 0.15) is 25.7 Å². The Balaban J connectivity index is 0.000000531. The van der Waals surface area contributed by atoms with Crippen LogP contribution >= 0.6 is 13.6 Å². The van der Waals surface area contributed by atoms with Gasteiger partial charge in [0.15, 0.2) is 0 Å². The second kappa shape index (κ2) is 7.35. The normalized spacial score (nSPS) is 15.7. The van der Waals surface area contributed by atoms with E-state index in [0.717, 1.165) is 12.8 Å². The predicted molar refractivity (Wildman–Crippen MR) is 57.0 cm³/mol. The summed E-state index contributed by atoms with van der Waals surface area (Å²) in [7, 11) is 0. The molecule has 0 bridgehead atoms. The van der Waals surface area contributed by atoms with Crippen LogP contribution in [0.2, 0.25) is 0 Å². The molecular formula is C11H12BrFOZn. The molecule has 0 N–H and O–H groups in total. The van der Waals surface area contributed by atoms with Crippen LogP contribution in [0.5, 0.6) is 5.75 Å². The average molecular weight is 325 g/mol. The summed E-state index contributed by atoms with van der Waals surface area (Å²) < 4.78 is 18.1. The van der Waals surface area contributed by atoms with E-state index < -0.39 is 0 Å². The molecule has 0 spiro atoms. The quantitative estimate of drug-likeness (QED) is 0.594. The molecule has 0 unspecified atom stereocenters. The summed E-state index contributed by atoms with van der Waals surface area (Å²) in [6.45, 7) is 0. The van der Waals surface area contributed by atoms with Crippen LogP contribution in [0.15, 0.2) is 18.2 Å². The number of hydrogen-bond donors (Lipinski definition) is 0. The third-order valence-corrected chi connectivity index (χ3v) is 2.34. The number of hydrogen-bond acceptors (Lipinski definition) is 1. The van der Waals surface area contributed by atoms with Gasteiger partial charge < -0.3 is 4.74 Å². The summed E-state index contributed by atoms with van der Waals surface area (Å²) in [6, 6.07) is 7.11. The van der Waals surface area contributed by atoms with E-state index in [9.17, 15) is 4.39 Å². The molecule has 0 aromatic heterocycles. The molecule has 2 rings (SSSR count). The molecule has 1 saturated carbocycles. The minimum absolute atomic E-state index is 0.265. The van der Waals surface area contributed by atoms with Gasteiger partial charge in [-0.05, 0) is 25.7 Å². The zero-order valence-corrected chi connectivity index (χ0v) is 13.1. The van der Waals surface area contributed by atoms with Crippen molar-refractivity contribution in [3.8, 4) is 5.75 Å². The van der Waals surface area contributed by atoms with E-state index in [2.05, 4.69) is 19.7 Å². The summed E-state index contributed by atoms with van der Waals surface area (Å²) in [6.07, 6.45) is 5.04. The summed E-state index contributed by atoms with van der Waals surface area (Å²) in [5.41, 5.74) is 0. The van der Waals surface area contributed by atoms with Crippen LogP contribution in [0.25, 0.3) is 0 Å². The Morgan fingerprint density at radius 2 is 2.00 bits per heavy atom. The molecule has 1 aromatic carbocycles. The van der Waals surface area contributed by atoms with Crippen molar-refractivity contribution < 1.29 is 25.5 Å². The SMILES string of the molecule is Fc1c[c-]c(OC2CCCC2)cc1.[Zn+][Br]. The monoisotopic (exact) mass is 322 g/mol. The molecule has 0 atom stereocenters. The Bertz CT molecular complexity index is 272. The molecule has 1 aromatic rings. The van der Waals surface area contributed by atoms with Gasteiger partial charge >= 0.3 is 30.0 Å². The molecule has 15 heavy (non-hydrogen) atoms. The molecule has 4 heteroatoms. The van der Waals surface area contributed by atoms with Crippen molar-refractivity contribution in [2.24, 2.45) is 0 Å². The first kappa shape index (κ1) is 13.1. The molecule has 78 valence electrons. The van der Waals surface area contributed by atoms with Crippen molar-refractivity contribution >= 4 is 13.6 Å². The van der Waals surface area contributed by atoms with Crippen molar-refractivity contribution in [3.05, 3.63) is 30.1 Å². The van der Waals surface area contributed by atoms with Gasteiger partial charge in [-0.25, -0.2) is 0 Å². The van der Waals surface area contributed by atoms with Gasteiger partial charge in [-0.1, -0.05) is 0 Å². The minimum atomic E-state index is -0.265. The maximum absolute atomic E-state index is 12.5. The van der Waals surface area contributed by atoms with Gasteiger partial charge in [0.1, 0.15) is 0 Å². The summed E-state index contributed by atoms with van der Waals surface area (Å²) in [5.74, 6) is 0.395. The fraction of sp³-hybridized carbons (Fsp3) is 0.455. The number of ether oxygens (including phenoxy) is 1. The third kappa shape index (κ3) is 4.61. The molecule has 0 radical (unpaired) electrons. The second-order valence-corrected chi connectivity index (χ2v) is 3.40. The van der Waals surface area contributed by atoms with E-state index in [1.807, 2.05) is 0 Å². The Hall–Kier alpha value is 0.0534. The molecule has 0 saturated heterocycles. The molecule has 0 aliphatic heterocycles. The van der Waals surface area contributed by atoms with E-state index in [1.54, 1.807) is 6.07 Å². The third-order valence-electron chi connectivity index (χ3n) is 2.34. The molecule has 0 amide bonds. The van der Waals surface area contributed by atoms with Gasteiger partial charge in [0.25, 0.3) is 0 Å². The van der Waals surface area contributed by atoms with Crippen molar-refractivity contribution in [1.82, 2.24) is 0 Å². The van der Waals surface area contributed by atoms with E-state index in [1.165, 1.54) is 41.3 Å². The van der Waals surface area contributed by atoms with Gasteiger partial charge in [0.05, 0.1) is 6.10 Å². The zero-order valence-electron chi connectivity index (χ0n) is 8.51. The van der Waals surface area contributed by atoms with Gasteiger partial charge in [-0.3, -0.25) is 4.39 Å². The predicted octanol–water partition coefficient (Wildman–Crippen LogP) is 3.79. The Morgan fingerprint density at radius 3 is 2.53 bits per heavy atom. The first-order valence-corrected chi connectivity index (χ1v) is 11.9. The van der Waals surface area contributed by atoms with Crippen LogP contribution < -0.4 is 4.74 Å². The molecular weight excluding hydrogens is 312 g/mol. The van der Waals surface area contributed by atoms with Gasteiger partial charge in [0.2, 0.25) is 0 Å². The van der Waals surface area contributed by atoms with Crippen LogP contribution in [-0.4, -0.2) is 6.10 Å². The van der Waals surface area contributed by atoms with Crippen LogP contribution in [0, 0.1) is 11.9 Å². The molecule has 0 heterocycles. The fourth-order valence-electron chi connectivity index (χ4n) is 1.65. The van der Waals surface area contributed by atoms with E-state index in [4.69, 9.17) is 4.74 Å². The molecule has 1 fully saturated rings. The van der Waals surface area contributed by atoms with Crippen molar-refractivity contribution in [2.45, 2.75) is 31.8 Å². The van der Waals surface area contributed by atoms with E-state index in [0.29, 0.717) is 11.9 Å². The van der Waals surface area contributed by atoms with Gasteiger partial charge in [0, 0.05) is 11.6 Å². The van der Waals surface area contributed by atoms with Crippen molar-refractivity contribution in [3.63, 3.8) is 0 Å². The molecule has 1 aliphatic carbocycles. The van der Waals surface area contributed by atoms with Gasteiger partial charge in [-0.15, -0.1) is 24.3 Å². The van der Waals surface area contributed by atoms with E-state index in [-0.39, 0.29) is 5.82 Å². The van der Waals surface area contributed by atoms with Crippen molar-refractivity contribution in [2.75, 3.05) is 0 Å². The topological polar surface area (TPSA) is 9.23 Å². The first-order valence-electron chi connectivity index (χ1n) is 4.95. The van der Waals surface area contributed by atoms with Crippen LogP contribution in [0.4, 0.5) is 4.39 Å². The Labute approximate surface area is 106 Å². The maximum atomic E-state index is 12.5. The van der Waals surface area contributed by atoms with Crippen LogP contribution in [-0.2, 0) is 16.3 Å². The average Bonchev–Trinajstić information content (AvgIpc) is 2.77.